The van der Waals surface area contributed by atoms with Gasteiger partial charge in [-0.05, 0) is 67.6 Å². The number of anilines is 1. The fourth-order valence-electron chi connectivity index (χ4n) is 4.00. The monoisotopic (exact) mass is 591 g/mol. The summed E-state index contributed by atoms with van der Waals surface area (Å²) in [6, 6.07) is 17.0. The van der Waals surface area contributed by atoms with Gasteiger partial charge in [-0.1, -0.05) is 23.7 Å². The Bertz CT molecular complexity index is 1610. The van der Waals surface area contributed by atoms with E-state index in [0.29, 0.717) is 22.6 Å². The summed E-state index contributed by atoms with van der Waals surface area (Å²) >= 11 is 5.98. The number of ether oxygens (including phenoxy) is 1. The molecule has 0 saturated heterocycles. The minimum Gasteiger partial charge on any atom is -0.406 e. The van der Waals surface area contributed by atoms with Crippen molar-refractivity contribution >= 4 is 29.0 Å². The molecule has 4 aromatic rings. The number of nitrogens with zero attached hydrogens (tertiary/aromatic N) is 3. The number of nitrogens with one attached hydrogen (secondary N) is 2. The number of benzene rings is 3. The smallest absolute Gasteiger partial charge is 0.406 e. The average molecular weight is 592 g/mol. The van der Waals surface area contributed by atoms with Gasteiger partial charge in [0, 0.05) is 21.7 Å². The van der Waals surface area contributed by atoms with Crippen LogP contribution >= 0.6 is 11.6 Å². The van der Waals surface area contributed by atoms with Gasteiger partial charge in [-0.25, -0.2) is 28.8 Å². The van der Waals surface area contributed by atoms with E-state index in [4.69, 9.17) is 16.4 Å². The summed E-state index contributed by atoms with van der Waals surface area (Å²) in [5.41, 5.74) is 2.30. The van der Waals surface area contributed by atoms with E-state index < -0.39 is 30.2 Å². The Kier molecular flexibility index (Phi) is 7.41. The summed E-state index contributed by atoms with van der Waals surface area (Å²) in [6.45, 7) is 1.66. The first kappa shape index (κ1) is 28.1. The van der Waals surface area contributed by atoms with Gasteiger partial charge in [-0.3, -0.25) is 4.79 Å². The summed E-state index contributed by atoms with van der Waals surface area (Å²) in [7, 11) is 0. The van der Waals surface area contributed by atoms with Crippen LogP contribution in [0.25, 0.3) is 5.69 Å². The normalized spacial score (nSPS) is 16.8. The molecule has 8 nitrogen and oxygen atoms in total. The van der Waals surface area contributed by atoms with Crippen LogP contribution in [-0.4, -0.2) is 34.3 Å². The van der Waals surface area contributed by atoms with Gasteiger partial charge in [0.15, 0.2) is 5.84 Å². The van der Waals surface area contributed by atoms with Crippen molar-refractivity contribution in [3.8, 4) is 11.4 Å². The highest BCUT2D eigenvalue weighted by Crippen LogP contribution is 2.38. The molecule has 2 N–H and O–H groups in total. The molecule has 1 aliphatic heterocycles. The molecular formula is C27H19ClF5N5O3. The molecule has 1 unspecified atom stereocenters. The number of carbonyl (C=O) groups excluding carboxylic acids is 1. The van der Waals surface area contributed by atoms with E-state index >= 15 is 0 Å². The Hall–Kier alpha value is -4.49. The van der Waals surface area contributed by atoms with Crippen LogP contribution < -0.4 is 15.5 Å². The van der Waals surface area contributed by atoms with Crippen molar-refractivity contribution in [2.24, 2.45) is 4.99 Å². The predicted octanol–water partition coefficient (Wildman–Crippen LogP) is 6.38. The van der Waals surface area contributed by atoms with Crippen LogP contribution in [0.4, 0.5) is 27.6 Å². The van der Waals surface area contributed by atoms with Crippen LogP contribution in [0.15, 0.2) is 84.0 Å². The number of aryl methyl sites for hydroxylation is 1. The van der Waals surface area contributed by atoms with Gasteiger partial charge < -0.3 is 10.1 Å². The van der Waals surface area contributed by atoms with E-state index in [0.717, 1.165) is 12.1 Å². The number of hydrogen-bond donors (Lipinski definition) is 2. The fraction of sp³-hybridized carbons (Fsp3) is 0.148. The van der Waals surface area contributed by atoms with Crippen LogP contribution in [-0.2, 0) is 10.6 Å². The summed E-state index contributed by atoms with van der Waals surface area (Å²) in [5.74, 6) is -0.918. The average Bonchev–Trinajstić information content (AvgIpc) is 3.53. The third-order valence-electron chi connectivity index (χ3n) is 6.02. The number of alkyl halides is 5. The lowest BCUT2D eigenvalue weighted by atomic mass is 10.0. The van der Waals surface area contributed by atoms with Crippen molar-refractivity contribution in [1.82, 2.24) is 15.3 Å². The third kappa shape index (κ3) is 6.00. The molecule has 0 saturated carbocycles. The number of aromatic nitrogens is 2. The summed E-state index contributed by atoms with van der Waals surface area (Å²) in [5, 5.41) is 7.31. The highest BCUT2D eigenvalue weighted by molar-refractivity contribution is 6.30. The van der Waals surface area contributed by atoms with Crippen molar-refractivity contribution in [1.29, 1.82) is 0 Å². The van der Waals surface area contributed by atoms with Gasteiger partial charge in [0.05, 0.1) is 23.3 Å². The van der Waals surface area contributed by atoms with E-state index in [2.05, 4.69) is 25.6 Å². The molecule has 1 aromatic heterocycles. The second kappa shape index (κ2) is 10.8. The first-order valence-corrected chi connectivity index (χ1v) is 12.2. The van der Waals surface area contributed by atoms with Crippen molar-refractivity contribution in [2.45, 2.75) is 25.4 Å². The zero-order valence-corrected chi connectivity index (χ0v) is 21.7. The van der Waals surface area contributed by atoms with Crippen LogP contribution in [0.2, 0.25) is 5.02 Å². The second-order valence-corrected chi connectivity index (χ2v) is 9.25. The molecule has 1 aliphatic rings. The minimum atomic E-state index is -4.84. The van der Waals surface area contributed by atoms with E-state index in [1.807, 2.05) is 0 Å². The van der Waals surface area contributed by atoms with Gasteiger partial charge in [0.1, 0.15) is 5.75 Å². The second-order valence-electron chi connectivity index (χ2n) is 8.82. The maximum atomic E-state index is 14.1. The van der Waals surface area contributed by atoms with Gasteiger partial charge >= 0.3 is 6.36 Å². The molecule has 0 spiro atoms. The first-order valence-electron chi connectivity index (χ1n) is 11.9. The van der Waals surface area contributed by atoms with Crippen molar-refractivity contribution in [3.05, 3.63) is 106 Å². The topological polar surface area (TPSA) is 89.8 Å². The molecule has 41 heavy (non-hydrogen) atoms. The highest BCUT2D eigenvalue weighted by atomic mass is 35.5. The number of hydrogen-bond acceptors (Lipinski definition) is 6. The number of amides is 1. The molecule has 0 radical (unpaired) electrons. The van der Waals surface area contributed by atoms with Gasteiger partial charge in [0.25, 0.3) is 18.1 Å². The van der Waals surface area contributed by atoms with Gasteiger partial charge in [-0.15, -0.1) is 13.2 Å². The SMILES string of the molecule is Cc1nn(-c2ccc(C3=NC(c4cccc(Cl)c4)(C(F)F)ON3)cc2)cc1NC(=O)c1ccc(OC(F)(F)F)cc1. The molecule has 3 aromatic carbocycles. The van der Waals surface area contributed by atoms with Crippen molar-refractivity contribution < 1.29 is 36.3 Å². The lowest BCUT2D eigenvalue weighted by Gasteiger charge is -2.23. The van der Waals surface area contributed by atoms with E-state index in [-0.39, 0.29) is 22.0 Å². The number of amidine groups is 1. The molecule has 1 amide bonds. The minimum absolute atomic E-state index is 0.0892. The molecule has 5 rings (SSSR count). The first-order chi connectivity index (χ1) is 19.4. The highest BCUT2D eigenvalue weighted by Gasteiger charge is 2.48. The largest absolute Gasteiger partial charge is 0.573 e. The van der Waals surface area contributed by atoms with E-state index in [9.17, 15) is 26.7 Å². The zero-order chi connectivity index (χ0) is 29.4. The molecule has 14 heteroatoms. The molecule has 2 heterocycles. The number of aliphatic imine (C=N–C) groups is 1. The maximum Gasteiger partial charge on any atom is 0.573 e. The van der Waals surface area contributed by atoms with E-state index in [1.165, 1.54) is 35.0 Å². The summed E-state index contributed by atoms with van der Waals surface area (Å²) in [6.07, 6.45) is -6.27. The van der Waals surface area contributed by atoms with Crippen LogP contribution in [0.5, 0.6) is 5.75 Å². The van der Waals surface area contributed by atoms with Crippen LogP contribution in [0.1, 0.15) is 27.2 Å². The van der Waals surface area contributed by atoms with E-state index in [1.54, 1.807) is 43.5 Å². The number of rotatable bonds is 7. The number of halogens is 6. The third-order valence-corrected chi connectivity index (χ3v) is 6.25. The predicted molar refractivity (Wildman–Crippen MR) is 139 cm³/mol. The Morgan fingerprint density at radius 2 is 1.80 bits per heavy atom. The summed E-state index contributed by atoms with van der Waals surface area (Å²) < 4.78 is 70.6. The quantitative estimate of drug-likeness (QED) is 0.243. The molecular weight excluding hydrogens is 573 g/mol. The standard InChI is InChI=1S/C27H19ClF5N5O3/c1-15-22(34-24(39)17-7-11-21(12-8-17)40-27(31,32)33)14-38(36-15)20-9-5-16(6-10-20)23-35-26(25(29)30,41-37-23)18-3-2-4-19(28)13-18/h2-14,25H,1H3,(H,34,39)(H,35,37). The van der Waals surface area contributed by atoms with Gasteiger partial charge in [-0.2, -0.15) is 5.10 Å². The zero-order valence-electron chi connectivity index (χ0n) is 20.9. The van der Waals surface area contributed by atoms with Gasteiger partial charge in [0.2, 0.25) is 0 Å². The molecule has 212 valence electrons. The summed E-state index contributed by atoms with van der Waals surface area (Å²) in [4.78, 5) is 22.0. The molecule has 0 fully saturated rings. The van der Waals surface area contributed by atoms with Crippen LogP contribution in [0.3, 0.4) is 0 Å². The molecule has 0 bridgehead atoms. The Labute approximate surface area is 234 Å². The number of carbonyl (C=O) groups is 1. The molecule has 0 aliphatic carbocycles. The number of hydroxylamine groups is 1. The maximum absolute atomic E-state index is 14.1. The Balaban J connectivity index is 1.31. The fourth-order valence-corrected chi connectivity index (χ4v) is 4.20. The van der Waals surface area contributed by atoms with Crippen LogP contribution in [0, 0.1) is 6.92 Å². The Morgan fingerprint density at radius 1 is 1.10 bits per heavy atom. The molecule has 1 atom stereocenters. The van der Waals surface area contributed by atoms with Crippen molar-refractivity contribution in [2.75, 3.05) is 5.32 Å². The van der Waals surface area contributed by atoms with Crippen molar-refractivity contribution in [3.63, 3.8) is 0 Å². The lowest BCUT2D eigenvalue weighted by Crippen LogP contribution is -2.35. The lowest BCUT2D eigenvalue weighted by molar-refractivity contribution is -0.274. The Morgan fingerprint density at radius 3 is 2.44 bits per heavy atom.